The van der Waals surface area contributed by atoms with Gasteiger partial charge in [-0.15, -0.1) is 0 Å². The van der Waals surface area contributed by atoms with Crippen LogP contribution < -0.4 is 19.7 Å². The monoisotopic (exact) mass is 434 g/mol. The average Bonchev–Trinajstić information content (AvgIpc) is 3.04. The summed E-state index contributed by atoms with van der Waals surface area (Å²) in [4.78, 5) is 28.0. The van der Waals surface area contributed by atoms with E-state index >= 15 is 0 Å². The molecule has 0 radical (unpaired) electrons. The average molecular weight is 435 g/mol. The van der Waals surface area contributed by atoms with Crippen LogP contribution >= 0.6 is 11.6 Å². The molecule has 1 N–H and O–H groups in total. The number of anilines is 2. The zero-order valence-electron chi connectivity index (χ0n) is 16.9. The Balaban J connectivity index is 1.83. The number of imide groups is 1. The molecule has 3 aromatic carbocycles. The summed E-state index contributed by atoms with van der Waals surface area (Å²) in [6, 6.07) is 20.8. The quantitative estimate of drug-likeness (QED) is 0.567. The number of hydrogen-bond acceptors (Lipinski definition) is 5. The normalized spacial score (nSPS) is 13.6. The van der Waals surface area contributed by atoms with E-state index in [1.807, 2.05) is 18.2 Å². The Hall–Kier alpha value is -3.77. The van der Waals surface area contributed by atoms with Crippen LogP contribution in [-0.4, -0.2) is 26.0 Å². The molecule has 2 amide bonds. The second kappa shape index (κ2) is 8.53. The molecule has 1 heterocycles. The molecule has 31 heavy (non-hydrogen) atoms. The molecular weight excluding hydrogens is 416 g/mol. The zero-order chi connectivity index (χ0) is 22.0. The smallest absolute Gasteiger partial charge is 0.282 e. The Bertz CT molecular complexity index is 1170. The van der Waals surface area contributed by atoms with Crippen LogP contribution in [0.4, 0.5) is 11.4 Å². The number of halogens is 1. The number of amides is 2. The van der Waals surface area contributed by atoms with E-state index in [1.165, 1.54) is 7.11 Å². The third-order valence-corrected chi connectivity index (χ3v) is 5.15. The van der Waals surface area contributed by atoms with Crippen molar-refractivity contribution in [3.05, 3.63) is 89.1 Å². The fourth-order valence-electron chi connectivity index (χ4n) is 3.39. The molecule has 1 aliphatic heterocycles. The minimum Gasteiger partial charge on any atom is -0.497 e. The molecule has 0 aromatic heterocycles. The molecular formula is C24H19ClN2O4. The Morgan fingerprint density at radius 2 is 1.55 bits per heavy atom. The molecule has 3 aromatic rings. The predicted octanol–water partition coefficient (Wildman–Crippen LogP) is 4.75. The molecule has 0 saturated carbocycles. The maximum Gasteiger partial charge on any atom is 0.282 e. The molecule has 1 aliphatic rings. The maximum atomic E-state index is 13.4. The van der Waals surface area contributed by atoms with E-state index in [9.17, 15) is 9.59 Å². The Morgan fingerprint density at radius 3 is 2.19 bits per heavy atom. The fraction of sp³-hybridized carbons (Fsp3) is 0.0833. The number of rotatable bonds is 6. The minimum absolute atomic E-state index is 0.151. The first-order valence-electron chi connectivity index (χ1n) is 9.46. The first-order chi connectivity index (χ1) is 15.0. The molecule has 7 heteroatoms. The van der Waals surface area contributed by atoms with Crippen molar-refractivity contribution < 1.29 is 19.1 Å². The number of hydrogen-bond donors (Lipinski definition) is 1. The molecule has 156 valence electrons. The highest BCUT2D eigenvalue weighted by Crippen LogP contribution is 2.37. The summed E-state index contributed by atoms with van der Waals surface area (Å²) in [5.41, 5.74) is 1.98. The second-order valence-electron chi connectivity index (χ2n) is 6.73. The largest absolute Gasteiger partial charge is 0.497 e. The van der Waals surface area contributed by atoms with Crippen LogP contribution in [0.25, 0.3) is 5.57 Å². The van der Waals surface area contributed by atoms with Gasteiger partial charge >= 0.3 is 0 Å². The lowest BCUT2D eigenvalue weighted by atomic mass is 10.0. The van der Waals surface area contributed by atoms with Gasteiger partial charge in [-0.2, -0.15) is 0 Å². The number of ether oxygens (including phenoxy) is 2. The van der Waals surface area contributed by atoms with Crippen LogP contribution in [0, 0.1) is 0 Å². The topological polar surface area (TPSA) is 67.9 Å². The van der Waals surface area contributed by atoms with Crippen molar-refractivity contribution in [3.63, 3.8) is 0 Å². The summed E-state index contributed by atoms with van der Waals surface area (Å²) in [5.74, 6) is 0.182. The third-order valence-electron chi connectivity index (χ3n) is 4.90. The summed E-state index contributed by atoms with van der Waals surface area (Å²) >= 11 is 5.98. The molecule has 0 fully saturated rings. The van der Waals surface area contributed by atoms with Crippen molar-refractivity contribution in [2.75, 3.05) is 24.4 Å². The van der Waals surface area contributed by atoms with Gasteiger partial charge in [0.05, 0.1) is 31.2 Å². The van der Waals surface area contributed by atoms with Gasteiger partial charge in [-0.1, -0.05) is 41.9 Å². The first kappa shape index (κ1) is 20.5. The van der Waals surface area contributed by atoms with E-state index in [1.54, 1.807) is 61.7 Å². The third kappa shape index (κ3) is 3.85. The van der Waals surface area contributed by atoms with Crippen molar-refractivity contribution >= 4 is 40.4 Å². The number of methoxy groups -OCH3 is 2. The molecule has 0 unspecified atom stereocenters. The lowest BCUT2D eigenvalue weighted by Crippen LogP contribution is -2.32. The number of benzene rings is 3. The minimum atomic E-state index is -0.476. The van der Waals surface area contributed by atoms with Gasteiger partial charge < -0.3 is 14.8 Å². The summed E-state index contributed by atoms with van der Waals surface area (Å²) in [5, 5.41) is 3.62. The molecule has 0 spiro atoms. The highest BCUT2D eigenvalue weighted by atomic mass is 35.5. The molecule has 0 saturated heterocycles. The van der Waals surface area contributed by atoms with E-state index in [-0.39, 0.29) is 11.3 Å². The van der Waals surface area contributed by atoms with E-state index < -0.39 is 11.8 Å². The Labute approximate surface area is 184 Å². The van der Waals surface area contributed by atoms with Crippen molar-refractivity contribution in [1.82, 2.24) is 0 Å². The molecule has 6 nitrogen and oxygen atoms in total. The Morgan fingerprint density at radius 1 is 0.839 bits per heavy atom. The summed E-state index contributed by atoms with van der Waals surface area (Å²) in [7, 11) is 3.08. The highest BCUT2D eigenvalue weighted by Gasteiger charge is 2.40. The van der Waals surface area contributed by atoms with E-state index in [4.69, 9.17) is 21.1 Å². The first-order valence-corrected chi connectivity index (χ1v) is 9.84. The Kier molecular flexibility index (Phi) is 5.64. The lowest BCUT2D eigenvalue weighted by Gasteiger charge is -2.16. The van der Waals surface area contributed by atoms with Gasteiger partial charge in [0, 0.05) is 11.1 Å². The number of nitrogens with one attached hydrogen (secondary N) is 1. The fourth-order valence-corrected chi connectivity index (χ4v) is 3.52. The number of carbonyl (C=O) groups is 2. The van der Waals surface area contributed by atoms with Crippen LogP contribution in [0.15, 0.2) is 78.5 Å². The van der Waals surface area contributed by atoms with Gasteiger partial charge in [-0.25, -0.2) is 4.90 Å². The number of nitrogens with zero attached hydrogens (tertiary/aromatic N) is 1. The van der Waals surface area contributed by atoms with Gasteiger partial charge in [-0.05, 0) is 42.0 Å². The standard InChI is InChI=1S/C24H19ClN2O4/c1-30-18-12-13-20(31-2)19(14-18)26-22-21(15-6-4-3-5-7-15)23(28)27(24(22)29)17-10-8-16(25)9-11-17/h3-14,26H,1-2H3. The molecule has 0 atom stereocenters. The van der Waals surface area contributed by atoms with Crippen LogP contribution in [-0.2, 0) is 9.59 Å². The van der Waals surface area contributed by atoms with E-state index in [0.29, 0.717) is 33.5 Å². The van der Waals surface area contributed by atoms with Crippen LogP contribution in [0.1, 0.15) is 5.56 Å². The van der Waals surface area contributed by atoms with Gasteiger partial charge in [-0.3, -0.25) is 9.59 Å². The predicted molar refractivity (Wildman–Crippen MR) is 120 cm³/mol. The molecule has 0 aliphatic carbocycles. The van der Waals surface area contributed by atoms with E-state index in [2.05, 4.69) is 5.32 Å². The van der Waals surface area contributed by atoms with Gasteiger partial charge in [0.1, 0.15) is 17.2 Å². The van der Waals surface area contributed by atoms with Crippen LogP contribution in [0.5, 0.6) is 11.5 Å². The highest BCUT2D eigenvalue weighted by molar-refractivity contribution is 6.46. The maximum absolute atomic E-state index is 13.4. The van der Waals surface area contributed by atoms with Crippen molar-refractivity contribution in [2.45, 2.75) is 0 Å². The SMILES string of the molecule is COc1ccc(OC)c(NC2=C(c3ccccc3)C(=O)N(c3ccc(Cl)cc3)C2=O)c1. The second-order valence-corrected chi connectivity index (χ2v) is 7.17. The zero-order valence-corrected chi connectivity index (χ0v) is 17.6. The van der Waals surface area contributed by atoms with Crippen molar-refractivity contribution in [3.8, 4) is 11.5 Å². The molecule has 4 rings (SSSR count). The lowest BCUT2D eigenvalue weighted by molar-refractivity contribution is -0.120. The van der Waals surface area contributed by atoms with E-state index in [0.717, 1.165) is 4.90 Å². The van der Waals surface area contributed by atoms with Crippen LogP contribution in [0.2, 0.25) is 5.02 Å². The number of carbonyl (C=O) groups excluding carboxylic acids is 2. The van der Waals surface area contributed by atoms with Gasteiger partial charge in [0.2, 0.25) is 0 Å². The van der Waals surface area contributed by atoms with Crippen molar-refractivity contribution in [1.29, 1.82) is 0 Å². The summed E-state index contributed by atoms with van der Waals surface area (Å²) in [6.45, 7) is 0. The van der Waals surface area contributed by atoms with Gasteiger partial charge in [0.15, 0.2) is 0 Å². The van der Waals surface area contributed by atoms with Gasteiger partial charge in [0.25, 0.3) is 11.8 Å². The van der Waals surface area contributed by atoms with Crippen molar-refractivity contribution in [2.24, 2.45) is 0 Å². The summed E-state index contributed by atoms with van der Waals surface area (Å²) < 4.78 is 10.7. The molecule has 0 bridgehead atoms. The summed E-state index contributed by atoms with van der Waals surface area (Å²) in [6.07, 6.45) is 0. The van der Waals surface area contributed by atoms with Crippen LogP contribution in [0.3, 0.4) is 0 Å².